The molecule has 0 saturated heterocycles. The van der Waals surface area contributed by atoms with Crippen LogP contribution in [0.15, 0.2) is 24.3 Å². The van der Waals surface area contributed by atoms with Crippen molar-refractivity contribution in [2.24, 2.45) is 0 Å². The third-order valence-electron chi connectivity index (χ3n) is 2.94. The zero-order valence-corrected chi connectivity index (χ0v) is 11.9. The van der Waals surface area contributed by atoms with Gasteiger partial charge in [-0.25, -0.2) is 8.78 Å². The lowest BCUT2D eigenvalue weighted by Gasteiger charge is -2.06. The van der Waals surface area contributed by atoms with Crippen molar-refractivity contribution in [2.75, 3.05) is 0 Å². The quantitative estimate of drug-likeness (QED) is 0.911. The Bertz CT molecular complexity index is 621. The fourth-order valence-electron chi connectivity index (χ4n) is 1.85. The number of thiophene rings is 1. The number of halogens is 2. The molecule has 1 N–H and O–H groups in total. The predicted octanol–water partition coefficient (Wildman–Crippen LogP) is 3.75. The Hall–Kier alpha value is -1.77. The second-order valence-electron chi connectivity index (χ2n) is 4.36. The van der Waals surface area contributed by atoms with Crippen molar-refractivity contribution in [2.45, 2.75) is 26.4 Å². The van der Waals surface area contributed by atoms with Gasteiger partial charge in [-0.3, -0.25) is 0 Å². The third-order valence-corrected chi connectivity index (χ3v) is 4.17. The van der Waals surface area contributed by atoms with Crippen LogP contribution in [0, 0.1) is 23.0 Å². The van der Waals surface area contributed by atoms with Crippen LogP contribution in [0.2, 0.25) is 0 Å². The molecule has 0 fully saturated rings. The second kappa shape index (κ2) is 6.60. The Morgan fingerprint density at radius 2 is 1.80 bits per heavy atom. The molecule has 5 heteroatoms. The van der Waals surface area contributed by atoms with Gasteiger partial charge in [0.2, 0.25) is 0 Å². The molecule has 20 heavy (non-hydrogen) atoms. The average Bonchev–Trinajstić information content (AvgIpc) is 2.89. The van der Waals surface area contributed by atoms with Gasteiger partial charge in [-0.15, -0.1) is 11.3 Å². The number of nitrogens with one attached hydrogen (secondary N) is 1. The summed E-state index contributed by atoms with van der Waals surface area (Å²) in [7, 11) is 0. The molecule has 104 valence electrons. The monoisotopic (exact) mass is 292 g/mol. The minimum atomic E-state index is -0.686. The highest BCUT2D eigenvalue weighted by molar-refractivity contribution is 7.11. The average molecular weight is 292 g/mol. The van der Waals surface area contributed by atoms with E-state index >= 15 is 0 Å². The van der Waals surface area contributed by atoms with Gasteiger partial charge in [-0.05, 0) is 30.7 Å². The van der Waals surface area contributed by atoms with E-state index in [0.717, 1.165) is 23.4 Å². The van der Waals surface area contributed by atoms with Crippen molar-refractivity contribution >= 4 is 11.3 Å². The van der Waals surface area contributed by atoms with Crippen molar-refractivity contribution in [3.63, 3.8) is 0 Å². The van der Waals surface area contributed by atoms with E-state index in [0.29, 0.717) is 6.54 Å². The summed E-state index contributed by atoms with van der Waals surface area (Å²) in [6.45, 7) is 2.76. The summed E-state index contributed by atoms with van der Waals surface area (Å²) >= 11 is 1.69. The lowest BCUT2D eigenvalue weighted by Crippen LogP contribution is -2.14. The smallest absolute Gasteiger partial charge is 0.131 e. The van der Waals surface area contributed by atoms with Crippen LogP contribution in [0.1, 0.15) is 27.8 Å². The molecular weight excluding hydrogens is 278 g/mol. The van der Waals surface area contributed by atoms with E-state index in [4.69, 9.17) is 5.26 Å². The zero-order chi connectivity index (χ0) is 14.5. The van der Waals surface area contributed by atoms with Gasteiger partial charge in [0.15, 0.2) is 0 Å². The fourth-order valence-corrected chi connectivity index (χ4v) is 2.78. The van der Waals surface area contributed by atoms with E-state index in [1.54, 1.807) is 17.4 Å². The predicted molar refractivity (Wildman–Crippen MR) is 75.3 cm³/mol. The van der Waals surface area contributed by atoms with Crippen LogP contribution in [0.25, 0.3) is 0 Å². The first-order valence-electron chi connectivity index (χ1n) is 6.30. The molecule has 2 rings (SSSR count). The highest BCUT2D eigenvalue weighted by atomic mass is 32.1. The molecule has 0 saturated carbocycles. The van der Waals surface area contributed by atoms with Crippen LogP contribution in [0.3, 0.4) is 0 Å². The zero-order valence-electron chi connectivity index (χ0n) is 11.0. The fraction of sp³-hybridized carbons (Fsp3) is 0.267. The summed E-state index contributed by atoms with van der Waals surface area (Å²) in [6.07, 6.45) is 0.990. The molecule has 0 aliphatic carbocycles. The molecule has 1 heterocycles. The van der Waals surface area contributed by atoms with Crippen LogP contribution in [-0.4, -0.2) is 0 Å². The Kier molecular flexibility index (Phi) is 4.83. The standard InChI is InChI=1S/C15H14F2N2S/c1-2-11-3-4-12(20-11)8-19-9-13-14(16)5-10(7-18)6-15(13)17/h3-6,19H,2,8-9H2,1H3. The molecule has 0 atom stereocenters. The molecule has 1 aromatic carbocycles. The van der Waals surface area contributed by atoms with Crippen molar-refractivity contribution < 1.29 is 8.78 Å². The maximum Gasteiger partial charge on any atom is 0.131 e. The Morgan fingerprint density at radius 3 is 2.35 bits per heavy atom. The molecule has 0 spiro atoms. The van der Waals surface area contributed by atoms with Crippen molar-refractivity contribution in [1.29, 1.82) is 5.26 Å². The van der Waals surface area contributed by atoms with Gasteiger partial charge in [-0.1, -0.05) is 6.92 Å². The number of benzene rings is 1. The summed E-state index contributed by atoms with van der Waals surface area (Å²) in [6, 6.07) is 7.92. The molecule has 0 aliphatic rings. The van der Waals surface area contributed by atoms with E-state index in [-0.39, 0.29) is 17.7 Å². The minimum absolute atomic E-state index is 0.00501. The second-order valence-corrected chi connectivity index (χ2v) is 5.61. The van der Waals surface area contributed by atoms with Crippen molar-refractivity contribution in [3.05, 3.63) is 56.8 Å². The maximum atomic E-state index is 13.7. The van der Waals surface area contributed by atoms with Crippen molar-refractivity contribution in [1.82, 2.24) is 5.32 Å². The largest absolute Gasteiger partial charge is 0.308 e. The van der Waals surface area contributed by atoms with Gasteiger partial charge in [0.25, 0.3) is 0 Å². The molecule has 0 unspecified atom stereocenters. The van der Waals surface area contributed by atoms with E-state index < -0.39 is 11.6 Å². The summed E-state index contributed by atoms with van der Waals surface area (Å²) < 4.78 is 27.3. The number of nitrogens with zero attached hydrogens (tertiary/aromatic N) is 1. The van der Waals surface area contributed by atoms with Crippen LogP contribution < -0.4 is 5.32 Å². The minimum Gasteiger partial charge on any atom is -0.308 e. The SMILES string of the molecule is CCc1ccc(CNCc2c(F)cc(C#N)cc2F)s1. The molecule has 0 amide bonds. The normalized spacial score (nSPS) is 10.5. The Morgan fingerprint density at radius 1 is 1.15 bits per heavy atom. The maximum absolute atomic E-state index is 13.7. The third kappa shape index (κ3) is 3.41. The lowest BCUT2D eigenvalue weighted by atomic mass is 10.1. The van der Waals surface area contributed by atoms with E-state index in [2.05, 4.69) is 18.3 Å². The molecule has 0 aliphatic heterocycles. The van der Waals surface area contributed by atoms with Crippen LogP contribution in [0.4, 0.5) is 8.78 Å². The van der Waals surface area contributed by atoms with E-state index in [1.165, 1.54) is 4.88 Å². The first-order chi connectivity index (χ1) is 9.63. The highest BCUT2D eigenvalue weighted by Crippen LogP contribution is 2.18. The highest BCUT2D eigenvalue weighted by Gasteiger charge is 2.11. The molecule has 0 bridgehead atoms. The van der Waals surface area contributed by atoms with Gasteiger partial charge in [-0.2, -0.15) is 5.26 Å². The lowest BCUT2D eigenvalue weighted by molar-refractivity contribution is 0.535. The molecule has 2 aromatic rings. The summed E-state index contributed by atoms with van der Waals surface area (Å²) in [5.74, 6) is -1.37. The first kappa shape index (κ1) is 14.6. The van der Waals surface area contributed by atoms with Crippen LogP contribution >= 0.6 is 11.3 Å². The number of aryl methyl sites for hydroxylation is 1. The first-order valence-corrected chi connectivity index (χ1v) is 7.12. The van der Waals surface area contributed by atoms with Gasteiger partial charge < -0.3 is 5.32 Å². The topological polar surface area (TPSA) is 35.8 Å². The van der Waals surface area contributed by atoms with Crippen molar-refractivity contribution in [3.8, 4) is 6.07 Å². The van der Waals surface area contributed by atoms with E-state index in [1.807, 2.05) is 6.07 Å². The molecule has 2 nitrogen and oxygen atoms in total. The Labute approximate surface area is 120 Å². The number of nitriles is 1. The van der Waals surface area contributed by atoms with Crippen LogP contribution in [0.5, 0.6) is 0 Å². The van der Waals surface area contributed by atoms with Gasteiger partial charge >= 0.3 is 0 Å². The number of rotatable bonds is 5. The van der Waals surface area contributed by atoms with Crippen LogP contribution in [-0.2, 0) is 19.5 Å². The van der Waals surface area contributed by atoms with E-state index in [9.17, 15) is 8.78 Å². The molecular formula is C15H14F2N2S. The Balaban J connectivity index is 1.99. The summed E-state index contributed by atoms with van der Waals surface area (Å²) in [5.41, 5.74) is -0.0362. The molecule has 0 radical (unpaired) electrons. The summed E-state index contributed by atoms with van der Waals surface area (Å²) in [4.78, 5) is 2.42. The van der Waals surface area contributed by atoms with Gasteiger partial charge in [0, 0.05) is 28.4 Å². The summed E-state index contributed by atoms with van der Waals surface area (Å²) in [5, 5.41) is 11.7. The van der Waals surface area contributed by atoms with Gasteiger partial charge in [0.1, 0.15) is 11.6 Å². The van der Waals surface area contributed by atoms with Gasteiger partial charge in [0.05, 0.1) is 11.6 Å². The number of hydrogen-bond donors (Lipinski definition) is 1. The number of hydrogen-bond acceptors (Lipinski definition) is 3. The molecule has 1 aromatic heterocycles.